The summed E-state index contributed by atoms with van der Waals surface area (Å²) in [5.74, 6) is 0.862. The van der Waals surface area contributed by atoms with Crippen molar-refractivity contribution in [2.45, 2.75) is 19.3 Å². The first-order chi connectivity index (χ1) is 7.29. The normalized spacial score (nSPS) is 15.5. The third-order valence-corrected chi connectivity index (χ3v) is 3.17. The first-order valence-corrected chi connectivity index (χ1v) is 5.51. The van der Waals surface area contributed by atoms with Crippen LogP contribution < -0.4 is 4.90 Å². The summed E-state index contributed by atoms with van der Waals surface area (Å²) < 4.78 is 0. The lowest BCUT2D eigenvalue weighted by Crippen LogP contribution is -2.29. The fourth-order valence-electron chi connectivity index (χ4n) is 1.98. The zero-order chi connectivity index (χ0) is 10.7. The molecule has 0 unspecified atom stereocenters. The molecule has 0 amide bonds. The van der Waals surface area contributed by atoms with E-state index in [9.17, 15) is 0 Å². The van der Waals surface area contributed by atoms with Crippen molar-refractivity contribution in [3.05, 3.63) is 29.8 Å². The predicted octanol–water partition coefficient (Wildman–Crippen LogP) is 2.79. The molecule has 0 aliphatic heterocycles. The minimum Gasteiger partial charge on any atom is -0.374 e. The van der Waals surface area contributed by atoms with Gasteiger partial charge in [-0.15, -0.1) is 0 Å². The van der Waals surface area contributed by atoms with Crippen molar-refractivity contribution in [1.29, 1.82) is 5.26 Å². The highest BCUT2D eigenvalue weighted by molar-refractivity contribution is 5.50. The van der Waals surface area contributed by atoms with Gasteiger partial charge in [0.2, 0.25) is 0 Å². The summed E-state index contributed by atoms with van der Waals surface area (Å²) in [5.41, 5.74) is 1.90. The van der Waals surface area contributed by atoms with Crippen LogP contribution in [0.5, 0.6) is 0 Å². The summed E-state index contributed by atoms with van der Waals surface area (Å²) in [6.45, 7) is 1.12. The molecule has 1 aromatic rings. The molecule has 1 fully saturated rings. The molecular formula is C13H16N2. The van der Waals surface area contributed by atoms with Crippen molar-refractivity contribution in [2.75, 3.05) is 18.5 Å². The van der Waals surface area contributed by atoms with Gasteiger partial charge in [0.25, 0.3) is 0 Å². The number of hydrogen-bond acceptors (Lipinski definition) is 2. The minimum absolute atomic E-state index is 0.743. The van der Waals surface area contributed by atoms with Crippen LogP contribution in [-0.4, -0.2) is 13.6 Å². The second-order valence-electron chi connectivity index (χ2n) is 4.34. The third kappa shape index (κ3) is 2.30. The van der Waals surface area contributed by atoms with Crippen molar-refractivity contribution in [3.63, 3.8) is 0 Å². The maximum atomic E-state index is 8.81. The topological polar surface area (TPSA) is 27.0 Å². The van der Waals surface area contributed by atoms with Crippen LogP contribution in [0.25, 0.3) is 0 Å². The van der Waals surface area contributed by atoms with E-state index in [2.05, 4.69) is 24.1 Å². The zero-order valence-corrected chi connectivity index (χ0v) is 9.11. The Bertz CT molecular complexity index is 374. The van der Waals surface area contributed by atoms with Gasteiger partial charge in [0.1, 0.15) is 0 Å². The van der Waals surface area contributed by atoms with Gasteiger partial charge < -0.3 is 4.90 Å². The lowest BCUT2D eigenvalue weighted by molar-refractivity contribution is 0.321. The van der Waals surface area contributed by atoms with E-state index < -0.39 is 0 Å². The molecule has 15 heavy (non-hydrogen) atoms. The van der Waals surface area contributed by atoms with Gasteiger partial charge in [-0.05, 0) is 37.0 Å². The molecule has 1 saturated carbocycles. The molecular weight excluding hydrogens is 184 g/mol. The van der Waals surface area contributed by atoms with E-state index in [-0.39, 0.29) is 0 Å². The second-order valence-corrected chi connectivity index (χ2v) is 4.34. The van der Waals surface area contributed by atoms with Gasteiger partial charge >= 0.3 is 0 Å². The molecule has 0 N–H and O–H groups in total. The SMILES string of the molecule is CN(CC1CCC1)c1cccc(C#N)c1. The summed E-state index contributed by atoms with van der Waals surface area (Å²) in [6.07, 6.45) is 4.11. The lowest BCUT2D eigenvalue weighted by Gasteiger charge is -2.31. The number of rotatable bonds is 3. The molecule has 0 atom stereocenters. The molecule has 2 nitrogen and oxygen atoms in total. The Hall–Kier alpha value is -1.49. The van der Waals surface area contributed by atoms with Crippen molar-refractivity contribution < 1.29 is 0 Å². The maximum absolute atomic E-state index is 8.81. The molecule has 2 heteroatoms. The summed E-state index contributed by atoms with van der Waals surface area (Å²) in [6, 6.07) is 10.0. The van der Waals surface area contributed by atoms with Crippen molar-refractivity contribution in [1.82, 2.24) is 0 Å². The van der Waals surface area contributed by atoms with Crippen LogP contribution in [0, 0.1) is 17.2 Å². The van der Waals surface area contributed by atoms with Crippen LogP contribution in [-0.2, 0) is 0 Å². The number of nitriles is 1. The molecule has 0 saturated heterocycles. The summed E-state index contributed by atoms with van der Waals surface area (Å²) in [7, 11) is 2.11. The highest BCUT2D eigenvalue weighted by atomic mass is 15.1. The van der Waals surface area contributed by atoms with Gasteiger partial charge in [-0.1, -0.05) is 12.5 Å². The van der Waals surface area contributed by atoms with Gasteiger partial charge in [0.05, 0.1) is 11.6 Å². The van der Waals surface area contributed by atoms with E-state index in [4.69, 9.17) is 5.26 Å². The Morgan fingerprint density at radius 1 is 1.47 bits per heavy atom. The van der Waals surface area contributed by atoms with Crippen molar-refractivity contribution in [3.8, 4) is 6.07 Å². The fourth-order valence-corrected chi connectivity index (χ4v) is 1.98. The molecule has 0 spiro atoms. The highest BCUT2D eigenvalue weighted by Gasteiger charge is 2.19. The van der Waals surface area contributed by atoms with Crippen molar-refractivity contribution in [2.24, 2.45) is 5.92 Å². The summed E-state index contributed by atoms with van der Waals surface area (Å²) in [4.78, 5) is 2.25. The van der Waals surface area contributed by atoms with Crippen LogP contribution in [0.4, 0.5) is 5.69 Å². The Balaban J connectivity index is 2.03. The molecule has 1 aliphatic rings. The Morgan fingerprint density at radius 2 is 2.27 bits per heavy atom. The van der Waals surface area contributed by atoms with Crippen LogP contribution in [0.1, 0.15) is 24.8 Å². The molecule has 0 aromatic heterocycles. The van der Waals surface area contributed by atoms with Gasteiger partial charge in [0, 0.05) is 19.3 Å². The smallest absolute Gasteiger partial charge is 0.0992 e. The van der Waals surface area contributed by atoms with Crippen LogP contribution in [0.15, 0.2) is 24.3 Å². The third-order valence-electron chi connectivity index (χ3n) is 3.17. The highest BCUT2D eigenvalue weighted by Crippen LogP contribution is 2.28. The van der Waals surface area contributed by atoms with Gasteiger partial charge in [-0.2, -0.15) is 5.26 Å². The van der Waals surface area contributed by atoms with Gasteiger partial charge in [-0.3, -0.25) is 0 Å². The first kappa shape index (κ1) is 10.0. The van der Waals surface area contributed by atoms with E-state index in [0.717, 1.165) is 23.7 Å². The number of anilines is 1. The zero-order valence-electron chi connectivity index (χ0n) is 9.11. The standard InChI is InChI=1S/C13H16N2/c1-15(10-11-4-2-5-11)13-7-3-6-12(8-13)9-14/h3,6-8,11H,2,4-5,10H2,1H3. The molecule has 78 valence electrons. The van der Waals surface area contributed by atoms with Crippen LogP contribution >= 0.6 is 0 Å². The Labute approximate surface area is 91.1 Å². The Morgan fingerprint density at radius 3 is 2.87 bits per heavy atom. The van der Waals surface area contributed by atoms with E-state index >= 15 is 0 Å². The molecule has 1 aliphatic carbocycles. The van der Waals surface area contributed by atoms with E-state index in [0.29, 0.717) is 0 Å². The van der Waals surface area contributed by atoms with Crippen LogP contribution in [0.2, 0.25) is 0 Å². The molecule has 2 rings (SSSR count). The molecule has 0 heterocycles. The molecule has 0 bridgehead atoms. The van der Waals surface area contributed by atoms with E-state index in [1.54, 1.807) is 0 Å². The number of nitrogens with zero attached hydrogens (tertiary/aromatic N) is 2. The summed E-state index contributed by atoms with van der Waals surface area (Å²) in [5, 5.41) is 8.81. The minimum atomic E-state index is 0.743. The molecule has 0 radical (unpaired) electrons. The fraction of sp³-hybridized carbons (Fsp3) is 0.462. The Kier molecular flexibility index (Phi) is 2.91. The number of hydrogen-bond donors (Lipinski definition) is 0. The van der Waals surface area contributed by atoms with Crippen LogP contribution in [0.3, 0.4) is 0 Å². The lowest BCUT2D eigenvalue weighted by atomic mass is 9.85. The molecule has 1 aromatic carbocycles. The average Bonchev–Trinajstić information content (AvgIpc) is 2.23. The maximum Gasteiger partial charge on any atom is 0.0992 e. The monoisotopic (exact) mass is 200 g/mol. The number of benzene rings is 1. The van der Waals surface area contributed by atoms with E-state index in [1.807, 2.05) is 18.2 Å². The first-order valence-electron chi connectivity index (χ1n) is 5.51. The predicted molar refractivity (Wildman–Crippen MR) is 61.8 cm³/mol. The summed E-state index contributed by atoms with van der Waals surface area (Å²) >= 11 is 0. The van der Waals surface area contributed by atoms with Crippen molar-refractivity contribution >= 4 is 5.69 Å². The largest absolute Gasteiger partial charge is 0.374 e. The van der Waals surface area contributed by atoms with Gasteiger partial charge in [-0.25, -0.2) is 0 Å². The van der Waals surface area contributed by atoms with Gasteiger partial charge in [0.15, 0.2) is 0 Å². The quantitative estimate of drug-likeness (QED) is 0.750. The average molecular weight is 200 g/mol. The second kappa shape index (κ2) is 4.35. The van der Waals surface area contributed by atoms with E-state index in [1.165, 1.54) is 19.3 Å².